The number of nitrogens with two attached hydrogens (primary N) is 1. The Kier molecular flexibility index (Phi) is 9.81. The van der Waals surface area contributed by atoms with Crippen LogP contribution in [0.15, 0.2) is 18.2 Å². The van der Waals surface area contributed by atoms with Crippen LogP contribution >= 0.6 is 36.2 Å². The highest BCUT2D eigenvalue weighted by Gasteiger charge is 2.18. The van der Waals surface area contributed by atoms with E-state index in [0.717, 1.165) is 10.6 Å². The first-order valence-corrected chi connectivity index (χ1v) is 8.02. The topological polar surface area (TPSA) is 86.5 Å². The van der Waals surface area contributed by atoms with E-state index in [1.165, 1.54) is 11.3 Å². The second-order valence-electron chi connectivity index (χ2n) is 5.11. The molecule has 0 fully saturated rings. The summed E-state index contributed by atoms with van der Waals surface area (Å²) in [6.45, 7) is 4.08. The van der Waals surface area contributed by atoms with Crippen molar-refractivity contribution in [1.29, 1.82) is 0 Å². The van der Waals surface area contributed by atoms with Crippen LogP contribution in [0.1, 0.15) is 22.3 Å². The minimum absolute atomic E-state index is 0. The highest BCUT2D eigenvalue weighted by atomic mass is 35.5. The Morgan fingerprint density at radius 1 is 1.28 bits per heavy atom. The van der Waals surface area contributed by atoms with Gasteiger partial charge in [-0.05, 0) is 32.0 Å². The lowest BCUT2D eigenvalue weighted by Crippen LogP contribution is -2.37. The summed E-state index contributed by atoms with van der Waals surface area (Å²) in [5.41, 5.74) is 7.11. The molecule has 0 saturated heterocycles. The number of benzene rings is 1. The third kappa shape index (κ3) is 5.47. The Labute approximate surface area is 163 Å². The Morgan fingerprint density at radius 2 is 1.92 bits per heavy atom. The predicted octanol–water partition coefficient (Wildman–Crippen LogP) is 3.06. The molecular weight excluding hydrogens is 385 g/mol. The van der Waals surface area contributed by atoms with E-state index in [1.54, 1.807) is 14.2 Å². The van der Waals surface area contributed by atoms with Crippen LogP contribution < -0.4 is 20.5 Å². The number of thiazole rings is 1. The molecule has 1 atom stereocenters. The van der Waals surface area contributed by atoms with Gasteiger partial charge in [0.25, 0.3) is 5.91 Å². The maximum atomic E-state index is 12.3. The number of nitrogens with zero attached hydrogens (tertiary/aromatic N) is 1. The molecule has 0 bridgehead atoms. The van der Waals surface area contributed by atoms with Crippen molar-refractivity contribution in [2.75, 3.05) is 20.8 Å². The lowest BCUT2D eigenvalue weighted by Gasteiger charge is -2.10. The number of carbonyl (C=O) groups is 1. The minimum Gasteiger partial charge on any atom is -0.493 e. The van der Waals surface area contributed by atoms with Crippen LogP contribution in [0.25, 0.3) is 10.6 Å². The van der Waals surface area contributed by atoms with Gasteiger partial charge in [0.1, 0.15) is 9.88 Å². The molecule has 2 rings (SSSR count). The monoisotopic (exact) mass is 407 g/mol. The van der Waals surface area contributed by atoms with Crippen molar-refractivity contribution in [3.8, 4) is 22.1 Å². The highest BCUT2D eigenvalue weighted by molar-refractivity contribution is 7.17. The van der Waals surface area contributed by atoms with Gasteiger partial charge in [-0.1, -0.05) is 0 Å². The fraction of sp³-hybridized carbons (Fsp3) is 0.375. The molecule has 1 aromatic carbocycles. The smallest absolute Gasteiger partial charge is 0.263 e. The molecular formula is C16H23Cl2N3O3S. The van der Waals surface area contributed by atoms with E-state index in [0.29, 0.717) is 28.6 Å². The SMILES string of the molecule is COc1ccc(-c2nc(C)c(C(=O)N[C@@H](C)CN)s2)cc1OC.Cl.Cl. The third-order valence-electron chi connectivity index (χ3n) is 3.36. The van der Waals surface area contributed by atoms with E-state index in [-0.39, 0.29) is 36.8 Å². The van der Waals surface area contributed by atoms with Crippen molar-refractivity contribution in [3.05, 3.63) is 28.8 Å². The number of rotatable bonds is 6. The van der Waals surface area contributed by atoms with Crippen molar-refractivity contribution in [2.45, 2.75) is 19.9 Å². The largest absolute Gasteiger partial charge is 0.493 e. The zero-order valence-corrected chi connectivity index (χ0v) is 16.9. The van der Waals surface area contributed by atoms with Crippen LogP contribution in [0.5, 0.6) is 11.5 Å². The standard InChI is InChI=1S/C16H21N3O3S.2ClH/c1-9(8-17)18-15(20)14-10(2)19-16(23-14)11-5-6-12(21-3)13(7-11)22-4;;/h5-7,9H,8,17H2,1-4H3,(H,18,20);2*1H/t9-;;/m0../s1. The molecule has 3 N–H and O–H groups in total. The molecule has 140 valence electrons. The number of aryl methyl sites for hydroxylation is 1. The molecule has 9 heteroatoms. The van der Waals surface area contributed by atoms with Gasteiger partial charge in [0.05, 0.1) is 19.9 Å². The van der Waals surface area contributed by atoms with Gasteiger partial charge < -0.3 is 20.5 Å². The molecule has 0 aliphatic heterocycles. The Morgan fingerprint density at radius 3 is 2.48 bits per heavy atom. The first-order valence-electron chi connectivity index (χ1n) is 7.20. The van der Waals surface area contributed by atoms with E-state index < -0.39 is 0 Å². The van der Waals surface area contributed by atoms with E-state index in [2.05, 4.69) is 10.3 Å². The fourth-order valence-electron chi connectivity index (χ4n) is 2.05. The van der Waals surface area contributed by atoms with Crippen LogP contribution in [0.2, 0.25) is 0 Å². The molecule has 1 heterocycles. The van der Waals surface area contributed by atoms with Gasteiger partial charge >= 0.3 is 0 Å². The van der Waals surface area contributed by atoms with Crippen molar-refractivity contribution < 1.29 is 14.3 Å². The van der Waals surface area contributed by atoms with Crippen LogP contribution in [-0.4, -0.2) is 37.7 Å². The van der Waals surface area contributed by atoms with Gasteiger partial charge in [0.15, 0.2) is 11.5 Å². The number of ether oxygens (including phenoxy) is 2. The summed E-state index contributed by atoms with van der Waals surface area (Å²) in [5, 5.41) is 3.61. The van der Waals surface area contributed by atoms with Gasteiger partial charge in [-0.25, -0.2) is 4.98 Å². The van der Waals surface area contributed by atoms with Crippen molar-refractivity contribution in [1.82, 2.24) is 10.3 Å². The fourth-order valence-corrected chi connectivity index (χ4v) is 3.01. The number of amides is 1. The van der Waals surface area contributed by atoms with E-state index in [1.807, 2.05) is 32.0 Å². The molecule has 6 nitrogen and oxygen atoms in total. The van der Waals surface area contributed by atoms with E-state index in [4.69, 9.17) is 15.2 Å². The summed E-state index contributed by atoms with van der Waals surface area (Å²) in [7, 11) is 3.17. The van der Waals surface area contributed by atoms with E-state index >= 15 is 0 Å². The van der Waals surface area contributed by atoms with Crippen LogP contribution in [0, 0.1) is 6.92 Å². The Balaban J connectivity index is 0.00000288. The summed E-state index contributed by atoms with van der Waals surface area (Å²) in [6, 6.07) is 5.49. The number of nitrogens with one attached hydrogen (secondary N) is 1. The molecule has 25 heavy (non-hydrogen) atoms. The summed E-state index contributed by atoms with van der Waals surface area (Å²) in [5.74, 6) is 1.13. The lowest BCUT2D eigenvalue weighted by atomic mass is 10.2. The van der Waals surface area contributed by atoms with Crippen molar-refractivity contribution >= 4 is 42.1 Å². The van der Waals surface area contributed by atoms with Crippen LogP contribution in [-0.2, 0) is 0 Å². The molecule has 1 amide bonds. The zero-order valence-electron chi connectivity index (χ0n) is 14.5. The van der Waals surface area contributed by atoms with Crippen LogP contribution in [0.4, 0.5) is 0 Å². The molecule has 0 unspecified atom stereocenters. The zero-order chi connectivity index (χ0) is 17.0. The normalized spacial score (nSPS) is 10.9. The number of aromatic nitrogens is 1. The summed E-state index contributed by atoms with van der Waals surface area (Å²) >= 11 is 1.35. The van der Waals surface area contributed by atoms with Gasteiger partial charge in [-0.15, -0.1) is 36.2 Å². The number of methoxy groups -OCH3 is 2. The Hall–Kier alpha value is -1.54. The number of hydrogen-bond donors (Lipinski definition) is 2. The van der Waals surface area contributed by atoms with Crippen molar-refractivity contribution in [2.24, 2.45) is 5.73 Å². The molecule has 2 aromatic rings. The average molecular weight is 408 g/mol. The Bertz CT molecular complexity index is 710. The quantitative estimate of drug-likeness (QED) is 0.767. The summed E-state index contributed by atoms with van der Waals surface area (Å²) in [6.07, 6.45) is 0. The molecule has 0 saturated carbocycles. The minimum atomic E-state index is -0.148. The maximum Gasteiger partial charge on any atom is 0.263 e. The molecule has 0 radical (unpaired) electrons. The second kappa shape index (κ2) is 10.5. The molecule has 1 aromatic heterocycles. The van der Waals surface area contributed by atoms with Crippen LogP contribution in [0.3, 0.4) is 0 Å². The van der Waals surface area contributed by atoms with Gasteiger partial charge in [-0.3, -0.25) is 4.79 Å². The predicted molar refractivity (Wildman–Crippen MR) is 106 cm³/mol. The van der Waals surface area contributed by atoms with Gasteiger partial charge in [-0.2, -0.15) is 0 Å². The number of halogens is 2. The molecule has 0 spiro atoms. The lowest BCUT2D eigenvalue weighted by molar-refractivity contribution is 0.0944. The second-order valence-corrected chi connectivity index (χ2v) is 6.11. The average Bonchev–Trinajstić information content (AvgIpc) is 2.95. The first-order chi connectivity index (χ1) is 11.0. The number of carbonyl (C=O) groups excluding carboxylic acids is 1. The van der Waals surface area contributed by atoms with Gasteiger partial charge in [0.2, 0.25) is 0 Å². The first kappa shape index (κ1) is 23.5. The maximum absolute atomic E-state index is 12.3. The summed E-state index contributed by atoms with van der Waals surface area (Å²) < 4.78 is 10.5. The number of hydrogen-bond acceptors (Lipinski definition) is 6. The van der Waals surface area contributed by atoms with Gasteiger partial charge in [0, 0.05) is 18.2 Å². The molecule has 0 aliphatic rings. The molecule has 0 aliphatic carbocycles. The highest BCUT2D eigenvalue weighted by Crippen LogP contribution is 2.34. The van der Waals surface area contributed by atoms with E-state index in [9.17, 15) is 4.79 Å². The van der Waals surface area contributed by atoms with Crippen molar-refractivity contribution in [3.63, 3.8) is 0 Å². The summed E-state index contributed by atoms with van der Waals surface area (Å²) in [4.78, 5) is 17.4. The third-order valence-corrected chi connectivity index (χ3v) is 4.57.